The van der Waals surface area contributed by atoms with Crippen LogP contribution in [0.5, 0.6) is 11.5 Å². The van der Waals surface area contributed by atoms with Gasteiger partial charge in [0.2, 0.25) is 0 Å². The van der Waals surface area contributed by atoms with E-state index in [0.29, 0.717) is 17.8 Å². The second kappa shape index (κ2) is 12.2. The normalized spacial score (nSPS) is 11.2. The van der Waals surface area contributed by atoms with Crippen LogP contribution in [0.2, 0.25) is 0 Å². The molecule has 0 aliphatic carbocycles. The molecule has 176 valence electrons. The summed E-state index contributed by atoms with van der Waals surface area (Å²) in [5.74, 6) is 1.11. The summed E-state index contributed by atoms with van der Waals surface area (Å²) in [6, 6.07) is 16.8. The Balaban J connectivity index is 1.47. The maximum Gasteiger partial charge on any atom is 0.266 e. The van der Waals surface area contributed by atoms with Crippen LogP contribution in [0.15, 0.2) is 59.4 Å². The number of aromatic nitrogens is 2. The molecule has 0 unspecified atom stereocenters. The molecule has 0 saturated heterocycles. The van der Waals surface area contributed by atoms with Crippen LogP contribution in [0.3, 0.4) is 0 Å². The molecule has 1 aromatic heterocycles. The molecule has 33 heavy (non-hydrogen) atoms. The summed E-state index contributed by atoms with van der Waals surface area (Å²) in [5, 5.41) is 14.7. The lowest BCUT2D eigenvalue weighted by molar-refractivity contribution is 0.267. The molecule has 0 bridgehead atoms. The molecule has 0 amide bonds. The van der Waals surface area contributed by atoms with Gasteiger partial charge in [0.25, 0.3) is 5.56 Å². The molecule has 0 spiro atoms. The van der Waals surface area contributed by atoms with Crippen molar-refractivity contribution in [3.8, 4) is 22.8 Å². The van der Waals surface area contributed by atoms with Crippen molar-refractivity contribution in [2.45, 2.75) is 52.6 Å². The van der Waals surface area contributed by atoms with Crippen LogP contribution in [0.4, 0.5) is 0 Å². The fourth-order valence-electron chi connectivity index (χ4n) is 3.98. The number of methoxy groups -OCH3 is 1. The zero-order chi connectivity index (χ0) is 23.6. The third-order valence-electron chi connectivity index (χ3n) is 5.92. The highest BCUT2D eigenvalue weighted by atomic mass is 16.5. The van der Waals surface area contributed by atoms with E-state index in [1.807, 2.05) is 31.2 Å². The number of phenols is 1. The van der Waals surface area contributed by atoms with Crippen molar-refractivity contribution in [3.05, 3.63) is 76.1 Å². The van der Waals surface area contributed by atoms with Crippen LogP contribution in [0.25, 0.3) is 11.3 Å². The van der Waals surface area contributed by atoms with Crippen molar-refractivity contribution in [1.29, 1.82) is 0 Å². The van der Waals surface area contributed by atoms with E-state index in [-0.39, 0.29) is 11.3 Å². The monoisotopic (exact) mass is 449 g/mol. The fourth-order valence-corrected chi connectivity index (χ4v) is 3.98. The molecule has 0 saturated carbocycles. The minimum atomic E-state index is -0.111. The zero-order valence-corrected chi connectivity index (χ0v) is 20.0. The van der Waals surface area contributed by atoms with Crippen molar-refractivity contribution < 1.29 is 9.84 Å². The number of ether oxygens (including phenoxy) is 1. The van der Waals surface area contributed by atoms with Gasteiger partial charge in [0.05, 0.1) is 12.8 Å². The van der Waals surface area contributed by atoms with Crippen molar-refractivity contribution >= 4 is 0 Å². The first-order valence-electron chi connectivity index (χ1n) is 11.7. The number of rotatable bonds is 12. The average Bonchev–Trinajstić information content (AvgIpc) is 2.83. The Hall–Kier alpha value is -3.12. The van der Waals surface area contributed by atoms with Crippen molar-refractivity contribution in [3.63, 3.8) is 0 Å². The average molecular weight is 450 g/mol. The van der Waals surface area contributed by atoms with Gasteiger partial charge in [-0.2, -0.15) is 5.10 Å². The van der Waals surface area contributed by atoms with E-state index in [4.69, 9.17) is 4.74 Å². The summed E-state index contributed by atoms with van der Waals surface area (Å²) in [4.78, 5) is 14.7. The third kappa shape index (κ3) is 6.93. The van der Waals surface area contributed by atoms with E-state index in [9.17, 15) is 9.90 Å². The van der Waals surface area contributed by atoms with Gasteiger partial charge in [-0.3, -0.25) is 9.69 Å². The van der Waals surface area contributed by atoms with Gasteiger partial charge in [-0.15, -0.1) is 0 Å². The number of hydrogen-bond acceptors (Lipinski definition) is 5. The summed E-state index contributed by atoms with van der Waals surface area (Å²) in [5.41, 5.74) is 3.41. The first-order valence-corrected chi connectivity index (χ1v) is 11.7. The van der Waals surface area contributed by atoms with Gasteiger partial charge in [-0.25, -0.2) is 4.68 Å². The Morgan fingerprint density at radius 2 is 1.82 bits per heavy atom. The lowest BCUT2D eigenvalue weighted by Crippen LogP contribution is -2.24. The summed E-state index contributed by atoms with van der Waals surface area (Å²) in [6.07, 6.45) is 4.16. The molecule has 0 aliphatic heterocycles. The van der Waals surface area contributed by atoms with Gasteiger partial charge in [-0.05, 0) is 57.1 Å². The largest absolute Gasteiger partial charge is 0.507 e. The third-order valence-corrected chi connectivity index (χ3v) is 5.92. The molecule has 1 N–H and O–H groups in total. The number of hydrogen-bond donors (Lipinski definition) is 1. The van der Waals surface area contributed by atoms with Crippen LogP contribution in [0, 0.1) is 6.92 Å². The van der Waals surface area contributed by atoms with Crippen LogP contribution in [0.1, 0.15) is 43.7 Å². The van der Waals surface area contributed by atoms with E-state index in [1.165, 1.54) is 16.3 Å². The quantitative estimate of drug-likeness (QED) is 0.394. The Morgan fingerprint density at radius 1 is 1.03 bits per heavy atom. The van der Waals surface area contributed by atoms with Crippen LogP contribution in [-0.2, 0) is 13.1 Å². The zero-order valence-electron chi connectivity index (χ0n) is 20.0. The Morgan fingerprint density at radius 3 is 2.61 bits per heavy atom. The summed E-state index contributed by atoms with van der Waals surface area (Å²) in [6.45, 7) is 7.66. The van der Waals surface area contributed by atoms with Crippen LogP contribution < -0.4 is 10.3 Å². The van der Waals surface area contributed by atoms with Gasteiger partial charge < -0.3 is 9.84 Å². The second-order valence-electron chi connectivity index (χ2n) is 8.40. The molecule has 0 fully saturated rings. The molecule has 0 atom stereocenters. The summed E-state index contributed by atoms with van der Waals surface area (Å²) in [7, 11) is 1.72. The molecule has 0 aliphatic rings. The predicted octanol–water partition coefficient (Wildman–Crippen LogP) is 5.02. The van der Waals surface area contributed by atoms with E-state index in [0.717, 1.165) is 56.6 Å². The number of unbranched alkanes of at least 4 members (excludes halogenated alkanes) is 3. The highest BCUT2D eigenvalue weighted by Gasteiger charge is 2.10. The molecular formula is C27H35N3O3. The summed E-state index contributed by atoms with van der Waals surface area (Å²) < 4.78 is 6.99. The molecule has 6 nitrogen and oxygen atoms in total. The number of para-hydroxylation sites is 1. The first-order chi connectivity index (χ1) is 16.0. The van der Waals surface area contributed by atoms with Crippen LogP contribution >= 0.6 is 0 Å². The number of benzene rings is 2. The minimum Gasteiger partial charge on any atom is -0.507 e. The molecule has 2 aromatic carbocycles. The topological polar surface area (TPSA) is 67.6 Å². The standard InChI is InChI=1S/C27H35N3O3/c1-4-29(20-22-11-7-8-12-26(22)33-3)17-9-5-6-10-18-30-27(32)16-14-24(28-30)23-19-21(2)13-15-25(23)31/h7-8,11-16,19,31H,4-6,9-10,17-18,20H2,1-3H3. The first kappa shape index (κ1) is 24.5. The molecule has 3 aromatic rings. The smallest absolute Gasteiger partial charge is 0.266 e. The number of nitrogens with zero attached hydrogens (tertiary/aromatic N) is 3. The van der Waals surface area contributed by atoms with Gasteiger partial charge in [0.15, 0.2) is 0 Å². The second-order valence-corrected chi connectivity index (χ2v) is 8.40. The van der Waals surface area contributed by atoms with Gasteiger partial charge in [0.1, 0.15) is 11.5 Å². The maximum absolute atomic E-state index is 12.2. The summed E-state index contributed by atoms with van der Waals surface area (Å²) >= 11 is 0. The molecule has 6 heteroatoms. The minimum absolute atomic E-state index is 0.111. The highest BCUT2D eigenvalue weighted by Crippen LogP contribution is 2.27. The van der Waals surface area contributed by atoms with Gasteiger partial charge in [-0.1, -0.05) is 49.6 Å². The van der Waals surface area contributed by atoms with Crippen LogP contribution in [-0.4, -0.2) is 40.0 Å². The molecule has 3 rings (SSSR count). The van der Waals surface area contributed by atoms with Crippen molar-refractivity contribution in [1.82, 2.24) is 14.7 Å². The number of aryl methyl sites for hydroxylation is 2. The number of aromatic hydroxyl groups is 1. The highest BCUT2D eigenvalue weighted by molar-refractivity contribution is 5.66. The Bertz CT molecular complexity index is 1090. The van der Waals surface area contributed by atoms with E-state index in [2.05, 4.69) is 29.1 Å². The van der Waals surface area contributed by atoms with Gasteiger partial charge in [0, 0.05) is 30.3 Å². The lowest BCUT2D eigenvalue weighted by atomic mass is 10.1. The van der Waals surface area contributed by atoms with E-state index >= 15 is 0 Å². The van der Waals surface area contributed by atoms with Gasteiger partial charge >= 0.3 is 0 Å². The fraction of sp³-hybridized carbons (Fsp3) is 0.407. The Kier molecular flexibility index (Phi) is 9.07. The predicted molar refractivity (Wildman–Crippen MR) is 133 cm³/mol. The number of phenolic OH excluding ortho intramolecular Hbond substituents is 1. The lowest BCUT2D eigenvalue weighted by Gasteiger charge is -2.21. The SMILES string of the molecule is CCN(CCCCCCn1nc(-c2cc(C)ccc2O)ccc1=O)Cc1ccccc1OC. The Labute approximate surface area is 196 Å². The van der Waals surface area contributed by atoms with Crippen molar-refractivity contribution in [2.75, 3.05) is 20.2 Å². The van der Waals surface area contributed by atoms with E-state index in [1.54, 1.807) is 19.2 Å². The maximum atomic E-state index is 12.2. The molecular weight excluding hydrogens is 414 g/mol. The van der Waals surface area contributed by atoms with Crippen molar-refractivity contribution in [2.24, 2.45) is 0 Å². The van der Waals surface area contributed by atoms with E-state index < -0.39 is 0 Å². The molecule has 1 heterocycles. The molecule has 0 radical (unpaired) electrons.